The number of nitrogens with zero attached hydrogens (tertiary/aromatic N) is 2. The van der Waals surface area contributed by atoms with Crippen LogP contribution in [0.5, 0.6) is 0 Å². The van der Waals surface area contributed by atoms with Crippen LogP contribution in [0.2, 0.25) is 0 Å². The van der Waals surface area contributed by atoms with Crippen LogP contribution in [0.1, 0.15) is 13.8 Å². The number of hydrogen-bond donors (Lipinski definition) is 0. The maximum absolute atomic E-state index is 12.0. The number of hydrogen-bond acceptors (Lipinski definition) is 12. The molecule has 12 heteroatoms. The zero-order valence-corrected chi connectivity index (χ0v) is 24.5. The van der Waals surface area contributed by atoms with Gasteiger partial charge in [0.25, 0.3) is 0 Å². The molecule has 0 aromatic carbocycles. The van der Waals surface area contributed by atoms with Crippen molar-refractivity contribution in [1.29, 1.82) is 0 Å². The van der Waals surface area contributed by atoms with E-state index in [1.807, 2.05) is 84.4 Å². The van der Waals surface area contributed by atoms with Crippen molar-refractivity contribution < 1.29 is 19.1 Å². The summed E-state index contributed by atoms with van der Waals surface area (Å²) in [5.41, 5.74) is 0. The topological polar surface area (TPSA) is 59.1 Å². The average Bonchev–Trinajstić information content (AvgIpc) is 2.81. The summed E-state index contributed by atoms with van der Waals surface area (Å²) >= 11 is 11.5. The molecule has 1 aliphatic rings. The van der Waals surface area contributed by atoms with Gasteiger partial charge in [0.15, 0.2) is 0 Å². The molecule has 0 N–H and O–H groups in total. The molecule has 0 spiro atoms. The van der Waals surface area contributed by atoms with Crippen molar-refractivity contribution in [2.75, 3.05) is 83.7 Å². The molecule has 1 rings (SSSR count). The van der Waals surface area contributed by atoms with Crippen LogP contribution in [0.3, 0.4) is 0 Å². The van der Waals surface area contributed by atoms with E-state index in [1.165, 1.54) is 14.2 Å². The van der Waals surface area contributed by atoms with E-state index in [1.54, 1.807) is 0 Å². The fourth-order valence-electron chi connectivity index (χ4n) is 2.56. The normalized spacial score (nSPS) is 22.4. The summed E-state index contributed by atoms with van der Waals surface area (Å²) < 4.78 is 9.91. The van der Waals surface area contributed by atoms with Crippen LogP contribution in [0.4, 0.5) is 0 Å². The summed E-state index contributed by atoms with van der Waals surface area (Å²) in [5, 5.41) is 0. The number of thioether (sulfide) groups is 6. The number of rotatable bonds is 4. The summed E-state index contributed by atoms with van der Waals surface area (Å²) in [6.07, 6.45) is 0. The summed E-state index contributed by atoms with van der Waals surface area (Å²) in [6.45, 7) is 3.88. The highest BCUT2D eigenvalue weighted by Crippen LogP contribution is 2.20. The second kappa shape index (κ2) is 20.2. The van der Waals surface area contributed by atoms with Crippen LogP contribution in [0.25, 0.3) is 0 Å². The zero-order chi connectivity index (χ0) is 23.6. The molecule has 0 amide bonds. The first kappa shape index (κ1) is 31.0. The first-order chi connectivity index (χ1) is 15.5. The molecule has 0 radical (unpaired) electrons. The standard InChI is InChI=1S/C20H38N2O4S6/c1-17(19(23)25-3)21-13-29-9-5-27-7-11-31-15-22(18(2)20(24)26-4)16-32-12-8-28-6-10-30-14-21/h17-18H,5-16H2,1-4H3. The fourth-order valence-corrected chi connectivity index (χ4v) is 9.69. The Kier molecular flexibility index (Phi) is 19.5. The van der Waals surface area contributed by atoms with E-state index in [-0.39, 0.29) is 24.0 Å². The van der Waals surface area contributed by atoms with Crippen molar-refractivity contribution in [3.8, 4) is 0 Å². The number of carbonyl (C=O) groups excluding carboxylic acids is 2. The molecule has 0 aliphatic carbocycles. The highest BCUT2D eigenvalue weighted by Gasteiger charge is 2.23. The summed E-state index contributed by atoms with van der Waals surface area (Å²) in [6, 6.07) is -0.414. The molecule has 1 aliphatic heterocycles. The lowest BCUT2D eigenvalue weighted by Crippen LogP contribution is -2.39. The number of methoxy groups -OCH3 is 2. The molecule has 188 valence electrons. The van der Waals surface area contributed by atoms with Gasteiger partial charge in [0.2, 0.25) is 0 Å². The van der Waals surface area contributed by atoms with E-state index in [9.17, 15) is 9.59 Å². The predicted molar refractivity (Wildman–Crippen MR) is 151 cm³/mol. The molecule has 1 fully saturated rings. The molecule has 32 heavy (non-hydrogen) atoms. The van der Waals surface area contributed by atoms with Gasteiger partial charge in [-0.2, -0.15) is 23.5 Å². The van der Waals surface area contributed by atoms with Crippen molar-refractivity contribution in [3.63, 3.8) is 0 Å². The van der Waals surface area contributed by atoms with E-state index in [0.717, 1.165) is 69.5 Å². The second-order valence-electron chi connectivity index (χ2n) is 6.95. The van der Waals surface area contributed by atoms with Crippen molar-refractivity contribution >= 4 is 82.5 Å². The Balaban J connectivity index is 2.52. The smallest absolute Gasteiger partial charge is 0.322 e. The van der Waals surface area contributed by atoms with Gasteiger partial charge in [-0.1, -0.05) is 0 Å². The third kappa shape index (κ3) is 13.7. The molecule has 0 saturated carbocycles. The lowest BCUT2D eigenvalue weighted by Gasteiger charge is -2.27. The quantitative estimate of drug-likeness (QED) is 0.466. The Morgan fingerprint density at radius 3 is 1.06 bits per heavy atom. The van der Waals surface area contributed by atoms with E-state index in [4.69, 9.17) is 9.47 Å². The number of esters is 2. The van der Waals surface area contributed by atoms with Crippen LogP contribution in [-0.2, 0) is 19.1 Å². The van der Waals surface area contributed by atoms with E-state index in [2.05, 4.69) is 9.80 Å². The summed E-state index contributed by atoms with van der Waals surface area (Å²) in [5.74, 6) is 11.8. The Bertz CT molecular complexity index is 456. The molecular formula is C20H38N2O4S6. The van der Waals surface area contributed by atoms with Gasteiger partial charge < -0.3 is 9.47 Å². The minimum absolute atomic E-state index is 0.158. The van der Waals surface area contributed by atoms with Crippen LogP contribution in [0.15, 0.2) is 0 Å². The van der Waals surface area contributed by atoms with Gasteiger partial charge >= 0.3 is 11.9 Å². The molecule has 2 unspecified atom stereocenters. The minimum Gasteiger partial charge on any atom is -0.468 e. The van der Waals surface area contributed by atoms with E-state index >= 15 is 0 Å². The van der Waals surface area contributed by atoms with E-state index in [0.29, 0.717) is 0 Å². The van der Waals surface area contributed by atoms with Crippen LogP contribution < -0.4 is 0 Å². The lowest BCUT2D eigenvalue weighted by molar-refractivity contribution is -0.146. The molecule has 1 saturated heterocycles. The van der Waals surface area contributed by atoms with Gasteiger partial charge in [-0.05, 0) is 13.8 Å². The SMILES string of the molecule is COC(=O)C(C)N1CSCCSCCSCN(C(C)C(=O)OC)CSCCSCCSC1. The summed E-state index contributed by atoms with van der Waals surface area (Å²) in [4.78, 5) is 28.4. The van der Waals surface area contributed by atoms with Gasteiger partial charge in [-0.25, -0.2) is 0 Å². The molecule has 2 atom stereocenters. The van der Waals surface area contributed by atoms with E-state index < -0.39 is 0 Å². The molecular weight excluding hydrogens is 525 g/mol. The van der Waals surface area contributed by atoms with Crippen molar-refractivity contribution in [2.45, 2.75) is 25.9 Å². The predicted octanol–water partition coefficient (Wildman–Crippen LogP) is 3.96. The highest BCUT2D eigenvalue weighted by atomic mass is 32.2. The van der Waals surface area contributed by atoms with Crippen LogP contribution in [-0.4, -0.2) is 118 Å². The third-order valence-corrected chi connectivity index (χ3v) is 11.7. The molecule has 0 aromatic rings. The lowest BCUT2D eigenvalue weighted by atomic mass is 10.3. The molecule has 0 bridgehead atoms. The monoisotopic (exact) mass is 562 g/mol. The number of ether oxygens (including phenoxy) is 2. The second-order valence-corrected chi connectivity index (χ2v) is 13.7. The van der Waals surface area contributed by atoms with Gasteiger partial charge in [-0.3, -0.25) is 19.4 Å². The first-order valence-electron chi connectivity index (χ1n) is 10.6. The van der Waals surface area contributed by atoms with Crippen LogP contribution in [0, 0.1) is 0 Å². The van der Waals surface area contributed by atoms with Crippen molar-refractivity contribution in [2.24, 2.45) is 0 Å². The largest absolute Gasteiger partial charge is 0.468 e. The molecule has 0 aromatic heterocycles. The highest BCUT2D eigenvalue weighted by molar-refractivity contribution is 8.05. The van der Waals surface area contributed by atoms with Crippen LogP contribution >= 0.6 is 70.6 Å². The Morgan fingerprint density at radius 1 is 0.562 bits per heavy atom. The maximum Gasteiger partial charge on any atom is 0.322 e. The van der Waals surface area contributed by atoms with Gasteiger partial charge in [-0.15, -0.1) is 47.0 Å². The zero-order valence-electron chi connectivity index (χ0n) is 19.6. The third-order valence-electron chi connectivity index (χ3n) is 4.70. The average molecular weight is 563 g/mol. The minimum atomic E-state index is -0.207. The van der Waals surface area contributed by atoms with Gasteiger partial charge in [0.1, 0.15) is 12.1 Å². The fraction of sp³-hybridized carbons (Fsp3) is 0.900. The number of carbonyl (C=O) groups is 2. The van der Waals surface area contributed by atoms with Crippen molar-refractivity contribution in [3.05, 3.63) is 0 Å². The molecule has 6 nitrogen and oxygen atoms in total. The Morgan fingerprint density at radius 2 is 0.812 bits per heavy atom. The van der Waals surface area contributed by atoms with Crippen molar-refractivity contribution in [1.82, 2.24) is 9.80 Å². The maximum atomic E-state index is 12.0. The Labute approximate surface area is 219 Å². The molecule has 1 heterocycles. The van der Waals surface area contributed by atoms with Gasteiger partial charge in [0, 0.05) is 69.5 Å². The first-order valence-corrected chi connectivity index (χ1v) is 17.5. The Hall–Kier alpha value is 0.960. The summed E-state index contributed by atoms with van der Waals surface area (Å²) in [7, 11) is 2.93. The van der Waals surface area contributed by atoms with Gasteiger partial charge in [0.05, 0.1) is 14.2 Å².